The van der Waals surface area contributed by atoms with Crippen LogP contribution in [0, 0.1) is 0 Å². The summed E-state index contributed by atoms with van der Waals surface area (Å²) in [6.45, 7) is 0. The highest BCUT2D eigenvalue weighted by Gasteiger charge is 2.10. The van der Waals surface area contributed by atoms with Crippen LogP contribution in [-0.4, -0.2) is 32.7 Å². The molecule has 6 heteroatoms. The summed E-state index contributed by atoms with van der Waals surface area (Å²) in [5.41, 5.74) is 4.84. The first-order chi connectivity index (χ1) is 12.3. The van der Waals surface area contributed by atoms with Gasteiger partial charge in [-0.25, -0.2) is 14.3 Å². The Bertz CT molecular complexity index is 1040. The third-order valence-electron chi connectivity index (χ3n) is 3.94. The Morgan fingerprint density at radius 1 is 0.960 bits per heavy atom. The molecule has 0 aliphatic carbocycles. The number of pyridine rings is 1. The molecule has 0 spiro atoms. The van der Waals surface area contributed by atoms with Gasteiger partial charge in [-0.3, -0.25) is 4.98 Å². The van der Waals surface area contributed by atoms with Crippen LogP contribution < -0.4 is 0 Å². The second-order valence-electron chi connectivity index (χ2n) is 5.44. The molecule has 0 bridgehead atoms. The first-order valence-electron chi connectivity index (χ1n) is 7.70. The molecule has 4 aromatic rings. The van der Waals surface area contributed by atoms with Crippen LogP contribution in [0.3, 0.4) is 0 Å². The number of imidazole rings is 1. The minimum Gasteiger partial charge on any atom is -0.465 e. The maximum atomic E-state index is 11.6. The number of hydrogen-bond acceptors (Lipinski definition) is 5. The van der Waals surface area contributed by atoms with Gasteiger partial charge in [-0.15, -0.1) is 0 Å². The lowest BCUT2D eigenvalue weighted by atomic mass is 10.1. The highest BCUT2D eigenvalue weighted by Crippen LogP contribution is 2.23. The van der Waals surface area contributed by atoms with Gasteiger partial charge in [-0.1, -0.05) is 12.1 Å². The van der Waals surface area contributed by atoms with Crippen molar-refractivity contribution >= 4 is 11.6 Å². The standard InChI is InChI=1S/C19H14N4O2/c1-25-19(24)15-4-2-14(3-5-15)17-12-21-18-7-6-16(22-23(17)18)13-8-10-20-11-9-13/h2-12H,1H3. The van der Waals surface area contributed by atoms with E-state index in [1.165, 1.54) is 7.11 Å². The monoisotopic (exact) mass is 330 g/mol. The predicted octanol–water partition coefficient (Wildman–Crippen LogP) is 3.24. The number of carbonyl (C=O) groups excluding carboxylic acids is 1. The summed E-state index contributed by atoms with van der Waals surface area (Å²) >= 11 is 0. The van der Waals surface area contributed by atoms with Gasteiger partial charge < -0.3 is 4.74 Å². The number of esters is 1. The molecule has 0 aliphatic rings. The molecule has 0 atom stereocenters. The summed E-state index contributed by atoms with van der Waals surface area (Å²) in [7, 11) is 1.37. The van der Waals surface area contributed by atoms with E-state index in [1.807, 2.05) is 36.4 Å². The third-order valence-corrected chi connectivity index (χ3v) is 3.94. The number of hydrogen-bond donors (Lipinski definition) is 0. The fourth-order valence-corrected chi connectivity index (χ4v) is 2.64. The Balaban J connectivity index is 1.78. The van der Waals surface area contributed by atoms with Crippen molar-refractivity contribution in [2.24, 2.45) is 0 Å². The van der Waals surface area contributed by atoms with Crippen molar-refractivity contribution in [3.8, 4) is 22.5 Å². The van der Waals surface area contributed by atoms with Gasteiger partial charge >= 0.3 is 5.97 Å². The number of methoxy groups -OCH3 is 1. The summed E-state index contributed by atoms with van der Waals surface area (Å²) in [5, 5.41) is 4.69. The first-order valence-corrected chi connectivity index (χ1v) is 7.70. The number of ether oxygens (including phenoxy) is 1. The Morgan fingerprint density at radius 3 is 2.44 bits per heavy atom. The lowest BCUT2D eigenvalue weighted by Gasteiger charge is -2.05. The van der Waals surface area contributed by atoms with Crippen molar-refractivity contribution in [2.75, 3.05) is 7.11 Å². The smallest absolute Gasteiger partial charge is 0.337 e. The highest BCUT2D eigenvalue weighted by atomic mass is 16.5. The molecule has 3 heterocycles. The van der Waals surface area contributed by atoms with Gasteiger partial charge in [0.2, 0.25) is 0 Å². The van der Waals surface area contributed by atoms with Crippen LogP contribution in [0.1, 0.15) is 10.4 Å². The maximum Gasteiger partial charge on any atom is 0.337 e. The number of carbonyl (C=O) groups is 1. The van der Waals surface area contributed by atoms with E-state index in [4.69, 9.17) is 9.84 Å². The van der Waals surface area contributed by atoms with Crippen molar-refractivity contribution in [3.05, 3.63) is 72.7 Å². The van der Waals surface area contributed by atoms with Crippen molar-refractivity contribution in [3.63, 3.8) is 0 Å². The SMILES string of the molecule is COC(=O)c1ccc(-c2cnc3ccc(-c4ccncc4)nn23)cc1. The third kappa shape index (κ3) is 2.74. The fourth-order valence-electron chi connectivity index (χ4n) is 2.64. The second-order valence-corrected chi connectivity index (χ2v) is 5.44. The molecule has 0 radical (unpaired) electrons. The van der Waals surface area contributed by atoms with Crippen molar-refractivity contribution in [1.29, 1.82) is 0 Å². The number of rotatable bonds is 3. The van der Waals surface area contributed by atoms with E-state index in [0.29, 0.717) is 5.56 Å². The molecule has 122 valence electrons. The van der Waals surface area contributed by atoms with Crippen molar-refractivity contribution in [1.82, 2.24) is 19.6 Å². The van der Waals surface area contributed by atoms with E-state index >= 15 is 0 Å². The predicted molar refractivity (Wildman–Crippen MR) is 93.0 cm³/mol. The molecule has 0 amide bonds. The molecule has 6 nitrogen and oxygen atoms in total. The molecule has 1 aromatic carbocycles. The maximum absolute atomic E-state index is 11.6. The summed E-state index contributed by atoms with van der Waals surface area (Å²) in [6, 6.07) is 14.9. The molecule has 3 aromatic heterocycles. The Hall–Kier alpha value is -3.54. The highest BCUT2D eigenvalue weighted by molar-refractivity contribution is 5.89. The largest absolute Gasteiger partial charge is 0.465 e. The molecular weight excluding hydrogens is 316 g/mol. The van der Waals surface area contributed by atoms with Crippen LogP contribution in [0.2, 0.25) is 0 Å². The zero-order chi connectivity index (χ0) is 17.2. The zero-order valence-electron chi connectivity index (χ0n) is 13.5. The average Bonchev–Trinajstić information content (AvgIpc) is 3.11. The van der Waals surface area contributed by atoms with E-state index in [2.05, 4.69) is 9.97 Å². The van der Waals surface area contributed by atoms with Crippen LogP contribution in [-0.2, 0) is 4.74 Å². The van der Waals surface area contributed by atoms with Gasteiger partial charge in [0.15, 0.2) is 5.65 Å². The molecule has 0 saturated heterocycles. The summed E-state index contributed by atoms with van der Waals surface area (Å²) < 4.78 is 6.52. The zero-order valence-corrected chi connectivity index (χ0v) is 13.5. The van der Waals surface area contributed by atoms with Crippen LogP contribution in [0.25, 0.3) is 28.2 Å². The van der Waals surface area contributed by atoms with Gasteiger partial charge in [0.1, 0.15) is 0 Å². The normalized spacial score (nSPS) is 10.8. The average molecular weight is 330 g/mol. The molecule has 0 saturated carbocycles. The number of aromatic nitrogens is 4. The molecule has 4 rings (SSSR count). The molecule has 0 N–H and O–H groups in total. The molecule has 0 fully saturated rings. The fraction of sp³-hybridized carbons (Fsp3) is 0.0526. The topological polar surface area (TPSA) is 69.4 Å². The number of fused-ring (bicyclic) bond motifs is 1. The molecule has 0 aliphatic heterocycles. The van der Waals surface area contributed by atoms with Crippen molar-refractivity contribution < 1.29 is 9.53 Å². The molecule has 25 heavy (non-hydrogen) atoms. The minimum atomic E-state index is -0.359. The second kappa shape index (κ2) is 6.16. The lowest BCUT2D eigenvalue weighted by molar-refractivity contribution is 0.0601. The van der Waals surface area contributed by atoms with Crippen LogP contribution in [0.5, 0.6) is 0 Å². The number of nitrogens with zero attached hydrogens (tertiary/aromatic N) is 4. The van der Waals surface area contributed by atoms with E-state index in [1.54, 1.807) is 35.2 Å². The lowest BCUT2D eigenvalue weighted by Crippen LogP contribution is -2.01. The Morgan fingerprint density at radius 2 is 1.72 bits per heavy atom. The molecule has 0 unspecified atom stereocenters. The summed E-state index contributed by atoms with van der Waals surface area (Å²) in [4.78, 5) is 20.0. The van der Waals surface area contributed by atoms with Gasteiger partial charge in [0.25, 0.3) is 0 Å². The van der Waals surface area contributed by atoms with Gasteiger partial charge in [-0.05, 0) is 36.4 Å². The van der Waals surface area contributed by atoms with Gasteiger partial charge in [0, 0.05) is 23.5 Å². The van der Waals surface area contributed by atoms with E-state index in [-0.39, 0.29) is 5.97 Å². The van der Waals surface area contributed by atoms with Gasteiger partial charge in [-0.2, -0.15) is 5.10 Å². The van der Waals surface area contributed by atoms with Crippen LogP contribution >= 0.6 is 0 Å². The van der Waals surface area contributed by atoms with E-state index < -0.39 is 0 Å². The van der Waals surface area contributed by atoms with Gasteiger partial charge in [0.05, 0.1) is 30.3 Å². The Labute approximate surface area is 143 Å². The Kier molecular flexibility index (Phi) is 3.70. The van der Waals surface area contributed by atoms with E-state index in [0.717, 1.165) is 28.2 Å². The number of benzene rings is 1. The van der Waals surface area contributed by atoms with Crippen LogP contribution in [0.4, 0.5) is 0 Å². The van der Waals surface area contributed by atoms with Crippen molar-refractivity contribution in [2.45, 2.75) is 0 Å². The quantitative estimate of drug-likeness (QED) is 0.539. The summed E-state index contributed by atoms with van der Waals surface area (Å²) in [5.74, 6) is -0.359. The summed E-state index contributed by atoms with van der Waals surface area (Å²) in [6.07, 6.45) is 5.24. The minimum absolute atomic E-state index is 0.359. The van der Waals surface area contributed by atoms with E-state index in [9.17, 15) is 4.79 Å². The first kappa shape index (κ1) is 15.0. The molecular formula is C19H14N4O2. The van der Waals surface area contributed by atoms with Crippen LogP contribution in [0.15, 0.2) is 67.1 Å².